The molecule has 5 nitrogen and oxygen atoms in total. The van der Waals surface area contributed by atoms with E-state index in [-0.39, 0.29) is 5.92 Å². The minimum Gasteiger partial charge on any atom is -0.352 e. The number of anilines is 1. The van der Waals surface area contributed by atoms with E-state index in [1.807, 2.05) is 11.3 Å². The first-order chi connectivity index (χ1) is 15.0. The molecule has 3 aliphatic rings. The van der Waals surface area contributed by atoms with Gasteiger partial charge in [0.2, 0.25) is 5.91 Å². The second kappa shape index (κ2) is 8.68. The van der Waals surface area contributed by atoms with Gasteiger partial charge in [-0.2, -0.15) is 0 Å². The zero-order valence-corrected chi connectivity index (χ0v) is 20.1. The van der Waals surface area contributed by atoms with Crippen molar-refractivity contribution in [2.45, 2.75) is 78.1 Å². The first-order valence-corrected chi connectivity index (χ1v) is 13.2. The number of amides is 1. The lowest BCUT2D eigenvalue weighted by Crippen LogP contribution is -2.51. The van der Waals surface area contributed by atoms with E-state index in [2.05, 4.69) is 30.6 Å². The molecule has 168 valence electrons. The molecule has 0 bridgehead atoms. The number of hydrogen-bond acceptors (Lipinski definition) is 5. The highest BCUT2D eigenvalue weighted by atomic mass is 32.1. The minimum atomic E-state index is 0.268. The molecule has 5 rings (SSSR count). The number of aromatic nitrogens is 2. The molecule has 3 heterocycles. The van der Waals surface area contributed by atoms with Crippen LogP contribution in [-0.4, -0.2) is 47.0 Å². The van der Waals surface area contributed by atoms with Gasteiger partial charge >= 0.3 is 0 Å². The van der Waals surface area contributed by atoms with E-state index in [1.165, 1.54) is 52.8 Å². The Kier molecular flexibility index (Phi) is 5.93. The van der Waals surface area contributed by atoms with Gasteiger partial charge in [-0.25, -0.2) is 9.97 Å². The number of carbonyl (C=O) groups is 1. The van der Waals surface area contributed by atoms with E-state index < -0.39 is 0 Å². The van der Waals surface area contributed by atoms with E-state index in [0.717, 1.165) is 63.0 Å². The summed E-state index contributed by atoms with van der Waals surface area (Å²) < 4.78 is 0. The van der Waals surface area contributed by atoms with Gasteiger partial charge in [0, 0.05) is 42.9 Å². The first kappa shape index (κ1) is 21.2. The predicted octanol–water partition coefficient (Wildman–Crippen LogP) is 5.17. The van der Waals surface area contributed by atoms with Crippen LogP contribution in [-0.2, 0) is 17.6 Å². The van der Waals surface area contributed by atoms with Gasteiger partial charge in [0.1, 0.15) is 16.5 Å². The fraction of sp³-hybridized carbons (Fsp3) is 0.720. The fourth-order valence-electron chi connectivity index (χ4n) is 5.57. The fourth-order valence-corrected chi connectivity index (χ4v) is 6.96. The highest BCUT2D eigenvalue weighted by molar-refractivity contribution is 7.19. The third-order valence-corrected chi connectivity index (χ3v) is 8.66. The van der Waals surface area contributed by atoms with Crippen molar-refractivity contribution >= 4 is 33.3 Å². The third-order valence-electron chi connectivity index (χ3n) is 7.51. The Morgan fingerprint density at radius 1 is 1.03 bits per heavy atom. The van der Waals surface area contributed by atoms with Gasteiger partial charge in [0.15, 0.2) is 0 Å². The van der Waals surface area contributed by atoms with Crippen LogP contribution in [0.3, 0.4) is 0 Å². The average Bonchev–Trinajstić information content (AvgIpc) is 3.16. The molecule has 1 aliphatic heterocycles. The highest BCUT2D eigenvalue weighted by Gasteiger charge is 2.31. The van der Waals surface area contributed by atoms with Crippen LogP contribution in [0.2, 0.25) is 0 Å². The Labute approximate surface area is 190 Å². The molecule has 6 heteroatoms. The molecule has 31 heavy (non-hydrogen) atoms. The van der Waals surface area contributed by atoms with Crippen LogP contribution >= 0.6 is 11.3 Å². The summed E-state index contributed by atoms with van der Waals surface area (Å²) >= 11 is 1.90. The standard InChI is InChI=1S/C25H36N4OS/c1-16(2)22-26-23(21-19-10-9-17(3)15-20(19)31-24(21)27-22)28-11-13-29(14-12-28)25(30)18-7-5-4-6-8-18/h16-18H,4-15H2,1-3H3. The lowest BCUT2D eigenvalue weighted by molar-refractivity contribution is -0.136. The highest BCUT2D eigenvalue weighted by Crippen LogP contribution is 2.41. The number of carbonyl (C=O) groups excluding carboxylic acids is 1. The molecule has 1 saturated heterocycles. The van der Waals surface area contributed by atoms with Crippen molar-refractivity contribution in [3.63, 3.8) is 0 Å². The van der Waals surface area contributed by atoms with Gasteiger partial charge in [-0.3, -0.25) is 4.79 Å². The summed E-state index contributed by atoms with van der Waals surface area (Å²) in [5.74, 6) is 3.83. The Hall–Kier alpha value is -1.69. The Bertz CT molecular complexity index is 954. The maximum absolute atomic E-state index is 13.0. The summed E-state index contributed by atoms with van der Waals surface area (Å²) in [6, 6.07) is 0. The van der Waals surface area contributed by atoms with Crippen molar-refractivity contribution in [2.24, 2.45) is 11.8 Å². The van der Waals surface area contributed by atoms with Crippen LogP contribution < -0.4 is 4.90 Å². The number of hydrogen-bond donors (Lipinski definition) is 0. The summed E-state index contributed by atoms with van der Waals surface area (Å²) in [5.41, 5.74) is 1.50. The van der Waals surface area contributed by atoms with E-state index in [1.54, 1.807) is 0 Å². The van der Waals surface area contributed by atoms with Gasteiger partial charge in [-0.1, -0.05) is 40.0 Å². The molecule has 0 radical (unpaired) electrons. The first-order valence-electron chi connectivity index (χ1n) is 12.4. The number of piperazine rings is 1. The summed E-state index contributed by atoms with van der Waals surface area (Å²) in [6.45, 7) is 10.1. The Balaban J connectivity index is 1.41. The largest absolute Gasteiger partial charge is 0.352 e. The van der Waals surface area contributed by atoms with Crippen LogP contribution in [0, 0.1) is 11.8 Å². The molecule has 0 N–H and O–H groups in total. The third kappa shape index (κ3) is 4.08. The summed E-state index contributed by atoms with van der Waals surface area (Å²) in [7, 11) is 0. The minimum absolute atomic E-state index is 0.268. The SMILES string of the molecule is CC1CCc2c(sc3nc(C(C)C)nc(N4CCN(C(=O)C5CCCCC5)CC4)c23)C1. The number of thiophene rings is 1. The van der Waals surface area contributed by atoms with Crippen LogP contribution in [0.25, 0.3) is 10.2 Å². The van der Waals surface area contributed by atoms with Crippen molar-refractivity contribution in [2.75, 3.05) is 31.1 Å². The van der Waals surface area contributed by atoms with Crippen LogP contribution in [0.5, 0.6) is 0 Å². The smallest absolute Gasteiger partial charge is 0.225 e. The van der Waals surface area contributed by atoms with Gasteiger partial charge in [0.05, 0.1) is 5.39 Å². The van der Waals surface area contributed by atoms with Gasteiger partial charge < -0.3 is 9.80 Å². The molecular formula is C25H36N4OS. The lowest BCUT2D eigenvalue weighted by atomic mass is 9.88. The van der Waals surface area contributed by atoms with Gasteiger partial charge in [-0.15, -0.1) is 11.3 Å². The van der Waals surface area contributed by atoms with E-state index >= 15 is 0 Å². The zero-order chi connectivity index (χ0) is 21.5. The zero-order valence-electron chi connectivity index (χ0n) is 19.3. The number of nitrogens with zero attached hydrogens (tertiary/aromatic N) is 4. The quantitative estimate of drug-likeness (QED) is 0.661. The van der Waals surface area contributed by atoms with Crippen molar-refractivity contribution in [3.05, 3.63) is 16.3 Å². The molecule has 1 saturated carbocycles. The van der Waals surface area contributed by atoms with Crippen molar-refractivity contribution < 1.29 is 4.79 Å². The van der Waals surface area contributed by atoms with Crippen LogP contribution in [0.1, 0.15) is 81.5 Å². The Morgan fingerprint density at radius 2 is 1.77 bits per heavy atom. The van der Waals surface area contributed by atoms with Gasteiger partial charge in [-0.05, 0) is 43.6 Å². The molecule has 1 amide bonds. The number of fused-ring (bicyclic) bond motifs is 3. The molecule has 1 unspecified atom stereocenters. The molecular weight excluding hydrogens is 404 g/mol. The van der Waals surface area contributed by atoms with Crippen molar-refractivity contribution in [1.29, 1.82) is 0 Å². The van der Waals surface area contributed by atoms with E-state index in [9.17, 15) is 4.79 Å². The van der Waals surface area contributed by atoms with Gasteiger partial charge in [0.25, 0.3) is 0 Å². The summed E-state index contributed by atoms with van der Waals surface area (Å²) in [6.07, 6.45) is 9.48. The monoisotopic (exact) mass is 440 g/mol. The van der Waals surface area contributed by atoms with E-state index in [4.69, 9.17) is 9.97 Å². The second-order valence-electron chi connectivity index (χ2n) is 10.2. The van der Waals surface area contributed by atoms with E-state index in [0.29, 0.717) is 11.8 Å². The molecule has 2 aromatic rings. The molecule has 2 aliphatic carbocycles. The molecule has 0 aromatic carbocycles. The van der Waals surface area contributed by atoms with Crippen molar-refractivity contribution in [1.82, 2.24) is 14.9 Å². The average molecular weight is 441 g/mol. The van der Waals surface area contributed by atoms with Crippen molar-refractivity contribution in [3.8, 4) is 0 Å². The second-order valence-corrected chi connectivity index (χ2v) is 11.3. The normalized spacial score (nSPS) is 22.9. The molecule has 0 spiro atoms. The maximum atomic E-state index is 13.0. The lowest BCUT2D eigenvalue weighted by Gasteiger charge is -2.38. The predicted molar refractivity (Wildman–Crippen MR) is 128 cm³/mol. The molecule has 2 fully saturated rings. The number of aryl methyl sites for hydroxylation is 1. The topological polar surface area (TPSA) is 49.3 Å². The number of rotatable bonds is 3. The summed E-state index contributed by atoms with van der Waals surface area (Å²) in [4.78, 5) is 30.4. The van der Waals surface area contributed by atoms with Crippen LogP contribution in [0.4, 0.5) is 5.82 Å². The maximum Gasteiger partial charge on any atom is 0.225 e. The summed E-state index contributed by atoms with van der Waals surface area (Å²) in [5, 5.41) is 1.31. The van der Waals surface area contributed by atoms with Crippen LogP contribution in [0.15, 0.2) is 0 Å². The molecule has 1 atom stereocenters. The molecule has 2 aromatic heterocycles. The Morgan fingerprint density at radius 3 is 2.48 bits per heavy atom.